The molecule has 2 aromatic carbocycles. The van der Waals surface area contributed by atoms with Crippen LogP contribution >= 0.6 is 0 Å². The predicted octanol–water partition coefficient (Wildman–Crippen LogP) is 3.70. The number of hydrogen-bond donors (Lipinski definition) is 1. The minimum absolute atomic E-state index is 0.0850. The molecule has 1 amide bonds. The van der Waals surface area contributed by atoms with Crippen LogP contribution in [-0.4, -0.2) is 39.9 Å². The number of H-pyrrole nitrogens is 1. The fraction of sp³-hybridized carbons (Fsp3) is 0.190. The third kappa shape index (κ3) is 3.21. The average Bonchev–Trinajstić information content (AvgIpc) is 3.08. The minimum Gasteiger partial charge on any atom is -0.497 e. The van der Waals surface area contributed by atoms with Crippen LogP contribution in [-0.2, 0) is 6.54 Å². The summed E-state index contributed by atoms with van der Waals surface area (Å²) >= 11 is 0. The number of carbonyl (C=O) groups excluding carboxylic acids is 1. The van der Waals surface area contributed by atoms with Crippen molar-refractivity contribution in [2.24, 2.45) is 0 Å². The van der Waals surface area contributed by atoms with Gasteiger partial charge in [-0.25, -0.2) is 4.98 Å². The number of nitrogens with zero attached hydrogens (tertiary/aromatic N) is 3. The van der Waals surface area contributed by atoms with Gasteiger partial charge in [0.1, 0.15) is 11.6 Å². The molecule has 0 saturated carbocycles. The third-order valence-electron chi connectivity index (χ3n) is 4.62. The van der Waals surface area contributed by atoms with Gasteiger partial charge in [0.2, 0.25) is 0 Å². The fourth-order valence-electron chi connectivity index (χ4n) is 3.17. The largest absolute Gasteiger partial charge is 0.497 e. The van der Waals surface area contributed by atoms with Gasteiger partial charge >= 0.3 is 0 Å². The Labute approximate surface area is 156 Å². The molecule has 0 bridgehead atoms. The van der Waals surface area contributed by atoms with E-state index in [9.17, 15) is 4.79 Å². The molecular formula is C21H20N4O2. The highest BCUT2D eigenvalue weighted by Crippen LogP contribution is 2.22. The predicted molar refractivity (Wildman–Crippen MR) is 105 cm³/mol. The van der Waals surface area contributed by atoms with E-state index < -0.39 is 0 Å². The molecule has 2 heterocycles. The van der Waals surface area contributed by atoms with E-state index in [0.717, 1.165) is 33.5 Å². The number of pyridine rings is 1. The van der Waals surface area contributed by atoms with Gasteiger partial charge in [-0.15, -0.1) is 0 Å². The molecule has 0 fully saturated rings. The lowest BCUT2D eigenvalue weighted by atomic mass is 10.1. The molecule has 0 unspecified atom stereocenters. The first-order valence-corrected chi connectivity index (χ1v) is 8.69. The van der Waals surface area contributed by atoms with Crippen LogP contribution in [0.5, 0.6) is 5.75 Å². The number of methoxy groups -OCH3 is 1. The van der Waals surface area contributed by atoms with E-state index in [2.05, 4.69) is 15.0 Å². The molecule has 4 aromatic rings. The van der Waals surface area contributed by atoms with Crippen molar-refractivity contribution in [3.8, 4) is 5.75 Å². The molecule has 0 spiro atoms. The Balaban J connectivity index is 1.61. The van der Waals surface area contributed by atoms with E-state index in [4.69, 9.17) is 4.74 Å². The topological polar surface area (TPSA) is 71.1 Å². The lowest BCUT2D eigenvalue weighted by Gasteiger charge is -2.17. The fourth-order valence-corrected chi connectivity index (χ4v) is 3.17. The van der Waals surface area contributed by atoms with Gasteiger partial charge in [0.05, 0.1) is 41.5 Å². The molecule has 0 atom stereocenters. The number of nitrogens with one attached hydrogen (secondary N) is 1. The number of aromatic nitrogens is 3. The first-order valence-electron chi connectivity index (χ1n) is 8.69. The number of aromatic amines is 1. The summed E-state index contributed by atoms with van der Waals surface area (Å²) in [5.74, 6) is 1.41. The van der Waals surface area contributed by atoms with Crippen LogP contribution in [0.15, 0.2) is 48.5 Å². The van der Waals surface area contributed by atoms with Crippen molar-refractivity contribution in [1.29, 1.82) is 0 Å². The van der Waals surface area contributed by atoms with Gasteiger partial charge in [-0.2, -0.15) is 0 Å². The zero-order valence-corrected chi connectivity index (χ0v) is 15.5. The third-order valence-corrected chi connectivity index (χ3v) is 4.62. The van der Waals surface area contributed by atoms with Gasteiger partial charge in [0, 0.05) is 18.5 Å². The Hall–Kier alpha value is -3.41. The SMILES string of the molecule is COc1ccc2cc(C(=O)N(C)Cc3nc4ccccc4[nH]3)c(C)nc2c1. The van der Waals surface area contributed by atoms with Gasteiger partial charge in [-0.05, 0) is 37.3 Å². The zero-order chi connectivity index (χ0) is 19.0. The van der Waals surface area contributed by atoms with E-state index in [1.165, 1.54) is 0 Å². The number of benzene rings is 2. The highest BCUT2D eigenvalue weighted by atomic mass is 16.5. The maximum Gasteiger partial charge on any atom is 0.255 e. The van der Waals surface area contributed by atoms with Crippen molar-refractivity contribution in [3.63, 3.8) is 0 Å². The number of fused-ring (bicyclic) bond motifs is 2. The summed E-state index contributed by atoms with van der Waals surface area (Å²) in [6.45, 7) is 2.24. The number of aryl methyl sites for hydroxylation is 1. The lowest BCUT2D eigenvalue weighted by Crippen LogP contribution is -2.27. The number of ether oxygens (including phenoxy) is 1. The number of hydrogen-bond acceptors (Lipinski definition) is 4. The lowest BCUT2D eigenvalue weighted by molar-refractivity contribution is 0.0781. The van der Waals surface area contributed by atoms with E-state index in [-0.39, 0.29) is 5.91 Å². The number of carbonyl (C=O) groups is 1. The van der Waals surface area contributed by atoms with E-state index in [1.807, 2.05) is 55.5 Å². The maximum atomic E-state index is 13.0. The van der Waals surface area contributed by atoms with Gasteiger partial charge in [-0.1, -0.05) is 12.1 Å². The summed E-state index contributed by atoms with van der Waals surface area (Å²) in [5.41, 5.74) is 3.95. The van der Waals surface area contributed by atoms with Crippen molar-refractivity contribution in [2.75, 3.05) is 14.2 Å². The number of para-hydroxylation sites is 2. The second-order valence-electron chi connectivity index (χ2n) is 6.54. The summed E-state index contributed by atoms with van der Waals surface area (Å²) in [6.07, 6.45) is 0. The van der Waals surface area contributed by atoms with E-state index in [0.29, 0.717) is 17.8 Å². The second kappa shape index (κ2) is 6.72. The van der Waals surface area contributed by atoms with Crippen molar-refractivity contribution in [1.82, 2.24) is 19.9 Å². The Morgan fingerprint density at radius 3 is 2.70 bits per heavy atom. The number of amides is 1. The Morgan fingerprint density at radius 1 is 1.11 bits per heavy atom. The summed E-state index contributed by atoms with van der Waals surface area (Å²) in [6, 6.07) is 15.4. The van der Waals surface area contributed by atoms with Crippen molar-refractivity contribution in [2.45, 2.75) is 13.5 Å². The van der Waals surface area contributed by atoms with Crippen LogP contribution in [0.1, 0.15) is 21.9 Å². The van der Waals surface area contributed by atoms with Crippen LogP contribution < -0.4 is 4.74 Å². The standard InChI is InChI=1S/C21H20N4O2/c1-13-16(10-14-8-9-15(27-3)11-19(14)22-13)21(26)25(2)12-20-23-17-6-4-5-7-18(17)24-20/h4-11H,12H2,1-3H3,(H,23,24). The van der Waals surface area contributed by atoms with Gasteiger partial charge in [0.15, 0.2) is 0 Å². The molecular weight excluding hydrogens is 340 g/mol. The zero-order valence-electron chi connectivity index (χ0n) is 15.5. The van der Waals surface area contributed by atoms with Gasteiger partial charge < -0.3 is 14.6 Å². The Kier molecular flexibility index (Phi) is 4.24. The van der Waals surface area contributed by atoms with Crippen LogP contribution in [0, 0.1) is 6.92 Å². The van der Waals surface area contributed by atoms with Crippen LogP contribution in [0.25, 0.3) is 21.9 Å². The molecule has 0 aliphatic rings. The molecule has 4 rings (SSSR count). The molecule has 2 aromatic heterocycles. The smallest absolute Gasteiger partial charge is 0.255 e. The molecule has 136 valence electrons. The average molecular weight is 360 g/mol. The summed E-state index contributed by atoms with van der Waals surface area (Å²) in [5, 5.41) is 0.905. The maximum absolute atomic E-state index is 13.0. The first-order chi connectivity index (χ1) is 13.0. The Bertz CT molecular complexity index is 1120. The molecule has 0 aliphatic carbocycles. The Morgan fingerprint density at radius 2 is 1.93 bits per heavy atom. The second-order valence-corrected chi connectivity index (χ2v) is 6.54. The summed E-state index contributed by atoms with van der Waals surface area (Å²) in [7, 11) is 3.39. The molecule has 27 heavy (non-hydrogen) atoms. The van der Waals surface area contributed by atoms with Gasteiger partial charge in [-0.3, -0.25) is 9.78 Å². The molecule has 0 radical (unpaired) electrons. The quantitative estimate of drug-likeness (QED) is 0.602. The monoisotopic (exact) mass is 360 g/mol. The first kappa shape index (κ1) is 17.0. The normalized spacial score (nSPS) is 11.1. The van der Waals surface area contributed by atoms with Crippen LogP contribution in [0.2, 0.25) is 0 Å². The minimum atomic E-state index is -0.0850. The van der Waals surface area contributed by atoms with Crippen molar-refractivity contribution in [3.05, 3.63) is 65.6 Å². The van der Waals surface area contributed by atoms with E-state index in [1.54, 1.807) is 19.1 Å². The molecule has 6 nitrogen and oxygen atoms in total. The van der Waals surface area contributed by atoms with Crippen LogP contribution in [0.3, 0.4) is 0 Å². The highest BCUT2D eigenvalue weighted by molar-refractivity contribution is 5.98. The molecule has 0 saturated heterocycles. The molecule has 1 N–H and O–H groups in total. The molecule has 6 heteroatoms. The molecule has 0 aliphatic heterocycles. The van der Waals surface area contributed by atoms with E-state index >= 15 is 0 Å². The number of imidazole rings is 1. The highest BCUT2D eigenvalue weighted by Gasteiger charge is 2.18. The van der Waals surface area contributed by atoms with Crippen molar-refractivity contribution < 1.29 is 9.53 Å². The summed E-state index contributed by atoms with van der Waals surface area (Å²) < 4.78 is 5.24. The van der Waals surface area contributed by atoms with Crippen molar-refractivity contribution >= 4 is 27.8 Å². The number of rotatable bonds is 4. The van der Waals surface area contributed by atoms with Gasteiger partial charge in [0.25, 0.3) is 5.91 Å². The van der Waals surface area contributed by atoms with Crippen LogP contribution in [0.4, 0.5) is 0 Å². The summed E-state index contributed by atoms with van der Waals surface area (Å²) in [4.78, 5) is 27.0.